The van der Waals surface area contributed by atoms with E-state index in [1.165, 1.54) is 12.8 Å². The SMILES string of the molecule is CN=C(NCCc1csc(N2CCCC2)n1)N(C)Cc1ccccc1Cl.I. The molecule has 0 saturated carbocycles. The number of halogens is 2. The lowest BCUT2D eigenvalue weighted by Gasteiger charge is -2.22. The van der Waals surface area contributed by atoms with Gasteiger partial charge in [-0.2, -0.15) is 0 Å². The number of anilines is 1. The van der Waals surface area contributed by atoms with E-state index in [2.05, 4.69) is 25.5 Å². The van der Waals surface area contributed by atoms with Crippen molar-refractivity contribution >= 4 is 58.0 Å². The van der Waals surface area contributed by atoms with Crippen LogP contribution in [0.25, 0.3) is 0 Å². The van der Waals surface area contributed by atoms with Crippen molar-refractivity contribution < 1.29 is 0 Å². The molecular weight excluding hydrogens is 493 g/mol. The predicted octanol–water partition coefficient (Wildman–Crippen LogP) is 4.26. The van der Waals surface area contributed by atoms with Gasteiger partial charge in [-0.25, -0.2) is 4.98 Å². The van der Waals surface area contributed by atoms with E-state index in [9.17, 15) is 0 Å². The molecule has 148 valence electrons. The zero-order valence-corrected chi connectivity index (χ0v) is 19.7. The van der Waals surface area contributed by atoms with Crippen LogP contribution >= 0.6 is 46.9 Å². The van der Waals surface area contributed by atoms with Crippen LogP contribution in [0.2, 0.25) is 5.02 Å². The van der Waals surface area contributed by atoms with E-state index < -0.39 is 0 Å². The number of guanidine groups is 1. The Kier molecular flexibility index (Phi) is 9.11. The summed E-state index contributed by atoms with van der Waals surface area (Å²) >= 11 is 8.01. The molecular formula is C19H27ClIN5S. The van der Waals surface area contributed by atoms with Crippen LogP contribution in [0.1, 0.15) is 24.1 Å². The lowest BCUT2D eigenvalue weighted by atomic mass is 10.2. The fraction of sp³-hybridized carbons (Fsp3) is 0.474. The van der Waals surface area contributed by atoms with E-state index in [1.54, 1.807) is 18.4 Å². The van der Waals surface area contributed by atoms with Crippen molar-refractivity contribution in [2.45, 2.75) is 25.8 Å². The third-order valence-corrected chi connectivity index (χ3v) is 5.84. The second kappa shape index (κ2) is 11.1. The van der Waals surface area contributed by atoms with Crippen molar-refractivity contribution in [2.24, 2.45) is 4.99 Å². The number of aromatic nitrogens is 1. The van der Waals surface area contributed by atoms with Gasteiger partial charge in [-0.15, -0.1) is 35.3 Å². The third-order valence-electron chi connectivity index (χ3n) is 4.52. The summed E-state index contributed by atoms with van der Waals surface area (Å²) in [6, 6.07) is 7.91. The Labute approximate surface area is 187 Å². The van der Waals surface area contributed by atoms with E-state index in [4.69, 9.17) is 16.6 Å². The Balaban J connectivity index is 0.00000261. The first kappa shape index (κ1) is 22.2. The van der Waals surface area contributed by atoms with Gasteiger partial charge >= 0.3 is 0 Å². The molecule has 1 saturated heterocycles. The molecule has 0 unspecified atom stereocenters. The van der Waals surface area contributed by atoms with Gasteiger partial charge in [0.05, 0.1) is 5.69 Å². The molecule has 27 heavy (non-hydrogen) atoms. The molecule has 1 aromatic heterocycles. The van der Waals surface area contributed by atoms with Gasteiger partial charge in [-0.1, -0.05) is 29.8 Å². The minimum absolute atomic E-state index is 0. The fourth-order valence-electron chi connectivity index (χ4n) is 3.11. The van der Waals surface area contributed by atoms with Crippen LogP contribution < -0.4 is 10.2 Å². The number of thiazole rings is 1. The average Bonchev–Trinajstić information content (AvgIpc) is 3.32. The Morgan fingerprint density at radius 1 is 1.33 bits per heavy atom. The van der Waals surface area contributed by atoms with Gasteiger partial charge in [0, 0.05) is 57.1 Å². The molecule has 1 fully saturated rings. The van der Waals surface area contributed by atoms with Crippen molar-refractivity contribution in [2.75, 3.05) is 38.6 Å². The smallest absolute Gasteiger partial charge is 0.193 e. The summed E-state index contributed by atoms with van der Waals surface area (Å²) in [6.45, 7) is 3.81. The first-order valence-corrected chi connectivity index (χ1v) is 10.3. The van der Waals surface area contributed by atoms with Crippen molar-refractivity contribution in [1.29, 1.82) is 0 Å². The van der Waals surface area contributed by atoms with Crippen LogP contribution in [0.5, 0.6) is 0 Å². The first-order chi connectivity index (χ1) is 12.7. The molecule has 3 rings (SSSR count). The highest BCUT2D eigenvalue weighted by Crippen LogP contribution is 2.24. The Morgan fingerprint density at radius 2 is 2.07 bits per heavy atom. The summed E-state index contributed by atoms with van der Waals surface area (Å²) in [7, 11) is 3.83. The number of benzene rings is 1. The topological polar surface area (TPSA) is 43.8 Å². The third kappa shape index (κ3) is 6.22. The molecule has 1 N–H and O–H groups in total. The van der Waals surface area contributed by atoms with Crippen LogP contribution in [0.15, 0.2) is 34.6 Å². The molecule has 1 aliphatic heterocycles. The molecule has 0 spiro atoms. The van der Waals surface area contributed by atoms with E-state index in [0.29, 0.717) is 0 Å². The molecule has 0 bridgehead atoms. The Hall–Kier alpha value is -1.06. The maximum absolute atomic E-state index is 6.26. The molecule has 0 aliphatic carbocycles. The average molecular weight is 520 g/mol. The molecule has 1 aromatic carbocycles. The molecule has 2 heterocycles. The molecule has 0 amide bonds. The summed E-state index contributed by atoms with van der Waals surface area (Å²) in [5.74, 6) is 0.861. The van der Waals surface area contributed by atoms with Crippen LogP contribution in [0.4, 0.5) is 5.13 Å². The Bertz CT molecular complexity index is 745. The molecule has 5 nitrogen and oxygen atoms in total. The molecule has 8 heteroatoms. The van der Waals surface area contributed by atoms with Gasteiger partial charge in [-0.05, 0) is 24.5 Å². The number of hydrogen-bond donors (Lipinski definition) is 1. The second-order valence-electron chi connectivity index (χ2n) is 6.49. The highest BCUT2D eigenvalue weighted by molar-refractivity contribution is 14.0. The Morgan fingerprint density at radius 3 is 2.78 bits per heavy atom. The molecule has 1 aliphatic rings. The molecule has 0 radical (unpaired) electrons. The second-order valence-corrected chi connectivity index (χ2v) is 7.73. The molecule has 2 aromatic rings. The van der Waals surface area contributed by atoms with Crippen LogP contribution in [0, 0.1) is 0 Å². The van der Waals surface area contributed by atoms with Gasteiger partial charge in [0.2, 0.25) is 0 Å². The van der Waals surface area contributed by atoms with Gasteiger partial charge < -0.3 is 15.1 Å². The van der Waals surface area contributed by atoms with E-state index in [-0.39, 0.29) is 24.0 Å². The maximum atomic E-state index is 6.26. The van der Waals surface area contributed by atoms with Gasteiger partial charge in [0.25, 0.3) is 0 Å². The number of hydrogen-bond acceptors (Lipinski definition) is 4. The standard InChI is InChI=1S/C19H26ClN5S.HI/c1-21-18(24(2)13-15-7-3-4-8-17(15)20)22-10-9-16-14-26-19(23-16)25-11-5-6-12-25;/h3-4,7-8,14H,5-6,9-13H2,1-2H3,(H,21,22);1H. The number of rotatable bonds is 6. The van der Waals surface area contributed by atoms with E-state index >= 15 is 0 Å². The van der Waals surface area contributed by atoms with E-state index in [1.807, 2.05) is 31.3 Å². The number of aliphatic imine (C=N–C) groups is 1. The van der Waals surface area contributed by atoms with Crippen molar-refractivity contribution in [1.82, 2.24) is 15.2 Å². The van der Waals surface area contributed by atoms with E-state index in [0.717, 1.165) is 60.0 Å². The zero-order valence-electron chi connectivity index (χ0n) is 15.8. The summed E-state index contributed by atoms with van der Waals surface area (Å²) in [5.41, 5.74) is 2.24. The highest BCUT2D eigenvalue weighted by Gasteiger charge is 2.15. The minimum Gasteiger partial charge on any atom is -0.356 e. The molecule has 0 atom stereocenters. The van der Waals surface area contributed by atoms with Gasteiger partial charge in [0.1, 0.15) is 0 Å². The lowest BCUT2D eigenvalue weighted by molar-refractivity contribution is 0.477. The van der Waals surface area contributed by atoms with Crippen LogP contribution in [0.3, 0.4) is 0 Å². The van der Waals surface area contributed by atoms with Crippen LogP contribution in [-0.4, -0.2) is 49.6 Å². The summed E-state index contributed by atoms with van der Waals surface area (Å²) in [4.78, 5) is 13.6. The normalized spacial score (nSPS) is 14.2. The predicted molar refractivity (Wildman–Crippen MR) is 127 cm³/mol. The maximum Gasteiger partial charge on any atom is 0.193 e. The van der Waals surface area contributed by atoms with Crippen molar-refractivity contribution in [3.8, 4) is 0 Å². The highest BCUT2D eigenvalue weighted by atomic mass is 127. The van der Waals surface area contributed by atoms with Crippen LogP contribution in [-0.2, 0) is 13.0 Å². The van der Waals surface area contributed by atoms with Gasteiger partial charge in [0.15, 0.2) is 11.1 Å². The number of nitrogens with zero attached hydrogens (tertiary/aromatic N) is 4. The monoisotopic (exact) mass is 519 g/mol. The summed E-state index contributed by atoms with van der Waals surface area (Å²) < 4.78 is 0. The van der Waals surface area contributed by atoms with Crippen molar-refractivity contribution in [3.05, 3.63) is 45.9 Å². The first-order valence-electron chi connectivity index (χ1n) is 9.02. The lowest BCUT2D eigenvalue weighted by Crippen LogP contribution is -2.39. The zero-order chi connectivity index (χ0) is 18.4. The summed E-state index contributed by atoms with van der Waals surface area (Å²) in [6.07, 6.45) is 3.46. The minimum atomic E-state index is 0. The summed E-state index contributed by atoms with van der Waals surface area (Å²) in [5, 5.41) is 7.54. The number of nitrogens with one attached hydrogen (secondary N) is 1. The quantitative estimate of drug-likeness (QED) is 0.352. The van der Waals surface area contributed by atoms with Crippen molar-refractivity contribution in [3.63, 3.8) is 0 Å². The fourth-order valence-corrected chi connectivity index (χ4v) is 4.22. The largest absolute Gasteiger partial charge is 0.356 e. The van der Waals surface area contributed by atoms with Gasteiger partial charge in [-0.3, -0.25) is 4.99 Å².